The minimum absolute atomic E-state index is 0.178. The molecule has 1 aromatic carbocycles. The van der Waals surface area contributed by atoms with E-state index in [-0.39, 0.29) is 6.42 Å². The normalized spacial score (nSPS) is 24.1. The first kappa shape index (κ1) is 10.4. The Bertz CT molecular complexity index is 421. The third-order valence-electron chi connectivity index (χ3n) is 2.58. The molecule has 3 N–H and O–H groups in total. The molecule has 80 valence electrons. The molecule has 2 rings (SSSR count). The molecule has 0 fully saturated rings. The van der Waals surface area contributed by atoms with Gasteiger partial charge in [0, 0.05) is 28.7 Å². The van der Waals surface area contributed by atoms with Gasteiger partial charge in [-0.25, -0.2) is 4.79 Å². The largest absolute Gasteiger partial charge is 0.479 e. The smallest absolute Gasteiger partial charge is 0.340 e. The highest BCUT2D eigenvalue weighted by Crippen LogP contribution is 2.36. The SMILES string of the molecule is O=C(O)C1(O)CCNc2cc(Br)ccc21. The Balaban J connectivity index is 2.56. The summed E-state index contributed by atoms with van der Waals surface area (Å²) in [6.07, 6.45) is 0.178. The number of halogens is 1. The Morgan fingerprint density at radius 3 is 2.93 bits per heavy atom. The summed E-state index contributed by atoms with van der Waals surface area (Å²) < 4.78 is 0.850. The number of hydrogen-bond donors (Lipinski definition) is 3. The molecule has 0 bridgehead atoms. The van der Waals surface area contributed by atoms with E-state index in [0.29, 0.717) is 17.8 Å². The zero-order valence-corrected chi connectivity index (χ0v) is 9.41. The molecule has 0 aromatic heterocycles. The van der Waals surface area contributed by atoms with Gasteiger partial charge in [-0.2, -0.15) is 0 Å². The van der Waals surface area contributed by atoms with Crippen molar-refractivity contribution in [1.82, 2.24) is 0 Å². The highest BCUT2D eigenvalue weighted by atomic mass is 79.9. The molecule has 0 aliphatic carbocycles. The summed E-state index contributed by atoms with van der Waals surface area (Å²) in [5, 5.41) is 22.1. The van der Waals surface area contributed by atoms with Crippen LogP contribution in [-0.2, 0) is 10.4 Å². The Kier molecular flexibility index (Phi) is 2.44. The number of carbonyl (C=O) groups is 1. The molecule has 1 aliphatic rings. The number of carboxylic acids is 1. The summed E-state index contributed by atoms with van der Waals surface area (Å²) in [6, 6.07) is 5.11. The number of rotatable bonds is 1. The maximum atomic E-state index is 11.0. The first-order valence-electron chi connectivity index (χ1n) is 4.54. The highest BCUT2D eigenvalue weighted by Gasteiger charge is 2.41. The van der Waals surface area contributed by atoms with E-state index < -0.39 is 11.6 Å². The fourth-order valence-electron chi connectivity index (χ4n) is 1.76. The van der Waals surface area contributed by atoms with Crippen molar-refractivity contribution >= 4 is 27.6 Å². The maximum absolute atomic E-state index is 11.0. The van der Waals surface area contributed by atoms with Crippen LogP contribution in [0.5, 0.6) is 0 Å². The molecule has 0 amide bonds. The van der Waals surface area contributed by atoms with Crippen molar-refractivity contribution in [2.24, 2.45) is 0 Å². The third-order valence-corrected chi connectivity index (χ3v) is 3.08. The lowest BCUT2D eigenvalue weighted by molar-refractivity contribution is -0.160. The Morgan fingerprint density at radius 2 is 2.27 bits per heavy atom. The average Bonchev–Trinajstić information content (AvgIpc) is 2.17. The molecule has 1 aromatic rings. The molecule has 4 nitrogen and oxygen atoms in total. The zero-order valence-electron chi connectivity index (χ0n) is 7.83. The van der Waals surface area contributed by atoms with Gasteiger partial charge in [0.05, 0.1) is 0 Å². The van der Waals surface area contributed by atoms with Crippen LogP contribution in [0.15, 0.2) is 22.7 Å². The number of aliphatic hydroxyl groups is 1. The van der Waals surface area contributed by atoms with Crippen molar-refractivity contribution in [2.75, 3.05) is 11.9 Å². The third kappa shape index (κ3) is 1.61. The van der Waals surface area contributed by atoms with Gasteiger partial charge in [-0.3, -0.25) is 0 Å². The van der Waals surface area contributed by atoms with Crippen LogP contribution in [-0.4, -0.2) is 22.7 Å². The van der Waals surface area contributed by atoms with Crippen LogP contribution in [0.1, 0.15) is 12.0 Å². The summed E-state index contributed by atoms with van der Waals surface area (Å²) >= 11 is 3.30. The van der Waals surface area contributed by atoms with Crippen LogP contribution in [0.2, 0.25) is 0 Å². The Morgan fingerprint density at radius 1 is 1.53 bits per heavy atom. The second-order valence-corrected chi connectivity index (χ2v) is 4.45. The van der Waals surface area contributed by atoms with Crippen molar-refractivity contribution in [1.29, 1.82) is 0 Å². The molecule has 0 saturated heterocycles. The summed E-state index contributed by atoms with van der Waals surface area (Å²) in [7, 11) is 0. The van der Waals surface area contributed by atoms with E-state index in [0.717, 1.165) is 4.47 Å². The molecule has 1 unspecified atom stereocenters. The molecular weight excluding hydrogens is 262 g/mol. The number of benzene rings is 1. The fraction of sp³-hybridized carbons (Fsp3) is 0.300. The maximum Gasteiger partial charge on any atom is 0.340 e. The van der Waals surface area contributed by atoms with Gasteiger partial charge < -0.3 is 15.5 Å². The van der Waals surface area contributed by atoms with E-state index in [1.54, 1.807) is 18.2 Å². The summed E-state index contributed by atoms with van der Waals surface area (Å²) in [5.41, 5.74) is -0.675. The number of fused-ring (bicyclic) bond motifs is 1. The molecule has 0 saturated carbocycles. The predicted molar refractivity (Wildman–Crippen MR) is 58.8 cm³/mol. The number of hydrogen-bond acceptors (Lipinski definition) is 3. The molecule has 0 spiro atoms. The number of aliphatic carboxylic acids is 1. The lowest BCUT2D eigenvalue weighted by Gasteiger charge is -2.31. The summed E-state index contributed by atoms with van der Waals surface area (Å²) in [4.78, 5) is 11.0. The minimum atomic E-state index is -1.76. The van der Waals surface area contributed by atoms with Gasteiger partial charge in [-0.05, 0) is 12.1 Å². The van der Waals surface area contributed by atoms with Crippen molar-refractivity contribution < 1.29 is 15.0 Å². The van der Waals surface area contributed by atoms with Gasteiger partial charge in [-0.15, -0.1) is 0 Å². The van der Waals surface area contributed by atoms with Crippen LogP contribution in [0, 0.1) is 0 Å². The zero-order chi connectivity index (χ0) is 11.1. The highest BCUT2D eigenvalue weighted by molar-refractivity contribution is 9.10. The van der Waals surface area contributed by atoms with Gasteiger partial charge in [0.15, 0.2) is 5.60 Å². The second kappa shape index (κ2) is 3.50. The first-order chi connectivity index (χ1) is 7.04. The van der Waals surface area contributed by atoms with Crippen molar-refractivity contribution in [3.05, 3.63) is 28.2 Å². The second-order valence-electron chi connectivity index (χ2n) is 3.53. The first-order valence-corrected chi connectivity index (χ1v) is 5.33. The lowest BCUT2D eigenvalue weighted by atomic mass is 9.86. The van der Waals surface area contributed by atoms with E-state index in [1.807, 2.05) is 0 Å². The van der Waals surface area contributed by atoms with Crippen molar-refractivity contribution in [3.8, 4) is 0 Å². The Hall–Kier alpha value is -1.07. The molecule has 1 heterocycles. The van der Waals surface area contributed by atoms with Gasteiger partial charge in [0.2, 0.25) is 0 Å². The van der Waals surface area contributed by atoms with Crippen LogP contribution in [0.3, 0.4) is 0 Å². The van der Waals surface area contributed by atoms with Gasteiger partial charge >= 0.3 is 5.97 Å². The molecule has 1 aliphatic heterocycles. The molecular formula is C10H10BrNO3. The van der Waals surface area contributed by atoms with Gasteiger partial charge in [-0.1, -0.05) is 22.0 Å². The number of anilines is 1. The van der Waals surface area contributed by atoms with Crippen LogP contribution >= 0.6 is 15.9 Å². The van der Waals surface area contributed by atoms with Crippen molar-refractivity contribution in [2.45, 2.75) is 12.0 Å². The molecule has 15 heavy (non-hydrogen) atoms. The van der Waals surface area contributed by atoms with E-state index in [2.05, 4.69) is 21.2 Å². The van der Waals surface area contributed by atoms with Gasteiger partial charge in [0.25, 0.3) is 0 Å². The van der Waals surface area contributed by atoms with Crippen LogP contribution < -0.4 is 5.32 Å². The quantitative estimate of drug-likeness (QED) is 0.725. The number of nitrogens with one attached hydrogen (secondary N) is 1. The van der Waals surface area contributed by atoms with E-state index in [1.165, 1.54) is 0 Å². The average molecular weight is 272 g/mol. The standard InChI is InChI=1S/C10H10BrNO3/c11-6-1-2-7-8(5-6)12-4-3-10(7,15)9(13)14/h1-2,5,12,15H,3-4H2,(H,13,14). The molecule has 0 radical (unpaired) electrons. The van der Waals surface area contributed by atoms with E-state index in [9.17, 15) is 9.90 Å². The number of carboxylic acid groups (broad SMARTS) is 1. The minimum Gasteiger partial charge on any atom is -0.479 e. The predicted octanol–water partition coefficient (Wildman–Crippen LogP) is 1.54. The summed E-state index contributed by atoms with van der Waals surface area (Å²) in [6.45, 7) is 0.451. The lowest BCUT2D eigenvalue weighted by Crippen LogP contribution is -2.41. The summed E-state index contributed by atoms with van der Waals surface area (Å²) in [5.74, 6) is -1.20. The monoisotopic (exact) mass is 271 g/mol. The van der Waals surface area contributed by atoms with Gasteiger partial charge in [0.1, 0.15) is 0 Å². The van der Waals surface area contributed by atoms with E-state index in [4.69, 9.17) is 5.11 Å². The fourth-order valence-corrected chi connectivity index (χ4v) is 2.12. The molecule has 1 atom stereocenters. The molecule has 5 heteroatoms. The van der Waals surface area contributed by atoms with Crippen LogP contribution in [0.25, 0.3) is 0 Å². The Labute approximate surface area is 95.1 Å². The topological polar surface area (TPSA) is 69.6 Å². The van der Waals surface area contributed by atoms with Crippen molar-refractivity contribution in [3.63, 3.8) is 0 Å². The van der Waals surface area contributed by atoms with E-state index >= 15 is 0 Å². The van der Waals surface area contributed by atoms with Crippen LogP contribution in [0.4, 0.5) is 5.69 Å².